The molecule has 106 valence electrons. The van der Waals surface area contributed by atoms with Gasteiger partial charge in [0, 0.05) is 6.04 Å². The molecule has 2 N–H and O–H groups in total. The largest absolute Gasteiger partial charge is 0.482 e. The molecule has 0 aliphatic heterocycles. The van der Waals surface area contributed by atoms with Crippen LogP contribution >= 0.6 is 23.2 Å². The van der Waals surface area contributed by atoms with Crippen molar-refractivity contribution in [3.8, 4) is 5.75 Å². The minimum atomic E-state index is -0.512. The standard InChI is InChI=1S/C15H14Cl2FNO/c1-9(19)15(10-4-2-5-11(18)8-10)20-13-7-3-6-12(16)14(13)17/h2-9,15H,19H2,1H3. The molecule has 0 aliphatic carbocycles. The van der Waals surface area contributed by atoms with Crippen molar-refractivity contribution in [1.29, 1.82) is 0 Å². The average molecular weight is 314 g/mol. The van der Waals surface area contributed by atoms with Crippen LogP contribution in [0.3, 0.4) is 0 Å². The molecule has 2 atom stereocenters. The van der Waals surface area contributed by atoms with E-state index < -0.39 is 6.10 Å². The van der Waals surface area contributed by atoms with Crippen LogP contribution in [0, 0.1) is 5.82 Å². The molecule has 0 heterocycles. The fraction of sp³-hybridized carbons (Fsp3) is 0.200. The maximum absolute atomic E-state index is 13.3. The quantitative estimate of drug-likeness (QED) is 0.895. The van der Waals surface area contributed by atoms with Crippen LogP contribution in [0.2, 0.25) is 10.0 Å². The Labute approximate surface area is 127 Å². The lowest BCUT2D eigenvalue weighted by atomic mass is 10.0. The molecule has 20 heavy (non-hydrogen) atoms. The summed E-state index contributed by atoms with van der Waals surface area (Å²) in [7, 11) is 0. The fourth-order valence-corrected chi connectivity index (χ4v) is 2.21. The van der Waals surface area contributed by atoms with Crippen molar-refractivity contribution < 1.29 is 9.13 Å². The smallest absolute Gasteiger partial charge is 0.140 e. The summed E-state index contributed by atoms with van der Waals surface area (Å²) in [5.41, 5.74) is 6.58. The van der Waals surface area contributed by atoms with Crippen molar-refractivity contribution in [1.82, 2.24) is 0 Å². The van der Waals surface area contributed by atoms with Gasteiger partial charge in [-0.1, -0.05) is 41.4 Å². The monoisotopic (exact) mass is 313 g/mol. The van der Waals surface area contributed by atoms with Crippen molar-refractivity contribution >= 4 is 23.2 Å². The Bertz CT molecular complexity index is 604. The molecule has 0 saturated heterocycles. The predicted molar refractivity (Wildman–Crippen MR) is 79.9 cm³/mol. The van der Waals surface area contributed by atoms with Gasteiger partial charge in [0.2, 0.25) is 0 Å². The summed E-state index contributed by atoms with van der Waals surface area (Å²) in [6, 6.07) is 10.9. The minimum absolute atomic E-state index is 0.316. The van der Waals surface area contributed by atoms with Gasteiger partial charge in [0.1, 0.15) is 22.7 Å². The van der Waals surface area contributed by atoms with Crippen LogP contribution in [-0.2, 0) is 0 Å². The van der Waals surface area contributed by atoms with E-state index in [2.05, 4.69) is 0 Å². The normalized spacial score (nSPS) is 13.8. The third kappa shape index (κ3) is 3.42. The van der Waals surface area contributed by atoms with Crippen LogP contribution in [0.25, 0.3) is 0 Å². The summed E-state index contributed by atoms with van der Waals surface area (Å²) in [5, 5.41) is 0.711. The Hall–Kier alpha value is -1.29. The molecule has 2 aromatic carbocycles. The second kappa shape index (κ2) is 6.44. The summed E-state index contributed by atoms with van der Waals surface area (Å²) in [6.07, 6.45) is -0.512. The molecule has 0 aliphatic rings. The van der Waals surface area contributed by atoms with E-state index >= 15 is 0 Å². The predicted octanol–water partition coefficient (Wildman–Crippen LogP) is 4.60. The van der Waals surface area contributed by atoms with Gasteiger partial charge in [0.25, 0.3) is 0 Å². The molecule has 0 fully saturated rings. The average Bonchev–Trinajstić information content (AvgIpc) is 2.40. The molecular formula is C15H14Cl2FNO. The van der Waals surface area contributed by atoms with Gasteiger partial charge in [-0.05, 0) is 36.8 Å². The first-order valence-electron chi connectivity index (χ1n) is 6.10. The lowest BCUT2D eigenvalue weighted by Gasteiger charge is -2.23. The van der Waals surface area contributed by atoms with Gasteiger partial charge < -0.3 is 10.5 Å². The summed E-state index contributed by atoms with van der Waals surface area (Å²) < 4.78 is 19.2. The first-order chi connectivity index (χ1) is 9.49. The first-order valence-corrected chi connectivity index (χ1v) is 6.86. The topological polar surface area (TPSA) is 35.2 Å². The van der Waals surface area contributed by atoms with E-state index in [1.165, 1.54) is 12.1 Å². The van der Waals surface area contributed by atoms with E-state index in [0.29, 0.717) is 21.4 Å². The number of hydrogen-bond donors (Lipinski definition) is 1. The van der Waals surface area contributed by atoms with E-state index in [4.69, 9.17) is 33.7 Å². The molecule has 0 radical (unpaired) electrons. The third-order valence-corrected chi connectivity index (χ3v) is 3.63. The van der Waals surface area contributed by atoms with E-state index in [1.54, 1.807) is 37.3 Å². The molecule has 0 amide bonds. The third-order valence-electron chi connectivity index (χ3n) is 2.82. The summed E-state index contributed by atoms with van der Waals surface area (Å²) >= 11 is 12.0. The van der Waals surface area contributed by atoms with Crippen molar-refractivity contribution in [2.24, 2.45) is 5.73 Å². The van der Waals surface area contributed by atoms with Crippen molar-refractivity contribution in [3.63, 3.8) is 0 Å². The van der Waals surface area contributed by atoms with Gasteiger partial charge in [-0.3, -0.25) is 0 Å². The van der Waals surface area contributed by atoms with Gasteiger partial charge in [0.05, 0.1) is 5.02 Å². The van der Waals surface area contributed by atoms with Crippen molar-refractivity contribution in [3.05, 3.63) is 63.9 Å². The second-order valence-electron chi connectivity index (χ2n) is 4.50. The van der Waals surface area contributed by atoms with Crippen LogP contribution in [0.1, 0.15) is 18.6 Å². The zero-order valence-electron chi connectivity index (χ0n) is 10.8. The van der Waals surface area contributed by atoms with E-state index in [0.717, 1.165) is 0 Å². The zero-order valence-corrected chi connectivity index (χ0v) is 12.3. The molecule has 0 spiro atoms. The van der Waals surface area contributed by atoms with Crippen LogP contribution in [-0.4, -0.2) is 6.04 Å². The second-order valence-corrected chi connectivity index (χ2v) is 5.29. The molecular weight excluding hydrogens is 300 g/mol. The van der Waals surface area contributed by atoms with Gasteiger partial charge in [-0.2, -0.15) is 0 Å². The molecule has 0 bridgehead atoms. The highest BCUT2D eigenvalue weighted by Gasteiger charge is 2.20. The van der Waals surface area contributed by atoms with Crippen molar-refractivity contribution in [2.45, 2.75) is 19.1 Å². The lowest BCUT2D eigenvalue weighted by molar-refractivity contribution is 0.180. The molecule has 2 aromatic rings. The Balaban J connectivity index is 2.33. The van der Waals surface area contributed by atoms with Crippen LogP contribution in [0.4, 0.5) is 4.39 Å². The lowest BCUT2D eigenvalue weighted by Crippen LogP contribution is -2.29. The highest BCUT2D eigenvalue weighted by Crippen LogP contribution is 2.35. The number of ether oxygens (including phenoxy) is 1. The molecule has 5 heteroatoms. The molecule has 0 saturated carbocycles. The van der Waals surface area contributed by atoms with E-state index in [9.17, 15) is 4.39 Å². The first kappa shape index (κ1) is 15.1. The van der Waals surface area contributed by atoms with Crippen LogP contribution in [0.15, 0.2) is 42.5 Å². The highest BCUT2D eigenvalue weighted by atomic mass is 35.5. The van der Waals surface area contributed by atoms with Crippen LogP contribution in [0.5, 0.6) is 5.75 Å². The number of benzene rings is 2. The molecule has 2 rings (SSSR count). The Morgan fingerprint density at radius 1 is 1.15 bits per heavy atom. The minimum Gasteiger partial charge on any atom is -0.482 e. The number of nitrogens with two attached hydrogens (primary N) is 1. The van der Waals surface area contributed by atoms with E-state index in [1.807, 2.05) is 0 Å². The SMILES string of the molecule is CC(N)C(Oc1cccc(Cl)c1Cl)c1cccc(F)c1. The Morgan fingerprint density at radius 2 is 1.85 bits per heavy atom. The van der Waals surface area contributed by atoms with E-state index in [-0.39, 0.29) is 11.9 Å². The Kier molecular flexibility index (Phi) is 4.86. The molecule has 2 nitrogen and oxygen atoms in total. The van der Waals surface area contributed by atoms with Gasteiger partial charge in [-0.15, -0.1) is 0 Å². The summed E-state index contributed by atoms with van der Waals surface area (Å²) in [4.78, 5) is 0. The summed E-state index contributed by atoms with van der Waals surface area (Å²) in [6.45, 7) is 1.79. The zero-order chi connectivity index (χ0) is 14.7. The number of hydrogen-bond acceptors (Lipinski definition) is 2. The van der Waals surface area contributed by atoms with Gasteiger partial charge in [-0.25, -0.2) is 4.39 Å². The maximum Gasteiger partial charge on any atom is 0.140 e. The fourth-order valence-electron chi connectivity index (χ4n) is 1.87. The summed E-state index contributed by atoms with van der Waals surface area (Å²) in [5.74, 6) is 0.0830. The number of halogens is 3. The van der Waals surface area contributed by atoms with Gasteiger partial charge >= 0.3 is 0 Å². The van der Waals surface area contributed by atoms with Gasteiger partial charge in [0.15, 0.2) is 0 Å². The Morgan fingerprint density at radius 3 is 2.50 bits per heavy atom. The van der Waals surface area contributed by atoms with Crippen LogP contribution < -0.4 is 10.5 Å². The number of rotatable bonds is 4. The maximum atomic E-state index is 13.3. The van der Waals surface area contributed by atoms with Crippen molar-refractivity contribution in [2.75, 3.05) is 0 Å². The molecule has 2 unspecified atom stereocenters. The highest BCUT2D eigenvalue weighted by molar-refractivity contribution is 6.42. The molecule has 0 aromatic heterocycles.